The molecule has 0 aromatic carbocycles. The summed E-state index contributed by atoms with van der Waals surface area (Å²) in [7, 11) is 1.96. The van der Waals surface area contributed by atoms with Crippen LogP contribution in [0, 0.1) is 0 Å². The third-order valence-electron chi connectivity index (χ3n) is 3.00. The van der Waals surface area contributed by atoms with E-state index >= 15 is 0 Å². The molecule has 0 heterocycles. The maximum atomic E-state index is 10.2. The Bertz CT molecular complexity index is 343. The van der Waals surface area contributed by atoms with Crippen molar-refractivity contribution in [3.05, 3.63) is 36.7 Å². The minimum absolute atomic E-state index is 0.0961. The van der Waals surface area contributed by atoms with Crippen LogP contribution in [-0.2, 0) is 4.79 Å². The van der Waals surface area contributed by atoms with Gasteiger partial charge in [0.15, 0.2) is 0 Å². The molecule has 0 unspecified atom stereocenters. The van der Waals surface area contributed by atoms with Crippen molar-refractivity contribution in [1.29, 1.82) is 0 Å². The largest absolute Gasteiger partial charge is 0.384 e. The van der Waals surface area contributed by atoms with Crippen LogP contribution in [0.4, 0.5) is 0 Å². The van der Waals surface area contributed by atoms with Crippen molar-refractivity contribution < 1.29 is 4.79 Å². The SMILES string of the molecule is C=C(CCN(C)C(=C)/C=C\C=O)NC(C)(C)CCC. The highest BCUT2D eigenvalue weighted by Crippen LogP contribution is 2.14. The molecular weight excluding hydrogens is 236 g/mol. The fraction of sp³-hybridized carbons (Fsp3) is 0.562. The Morgan fingerprint density at radius 2 is 2.00 bits per heavy atom. The summed E-state index contributed by atoms with van der Waals surface area (Å²) in [5, 5.41) is 3.47. The van der Waals surface area contributed by atoms with Crippen molar-refractivity contribution in [2.75, 3.05) is 13.6 Å². The van der Waals surface area contributed by atoms with Gasteiger partial charge in [-0.2, -0.15) is 0 Å². The van der Waals surface area contributed by atoms with Crippen molar-refractivity contribution in [3.8, 4) is 0 Å². The fourth-order valence-corrected chi connectivity index (χ4v) is 1.95. The standard InChI is InChI=1S/C16H28N2O/c1-7-11-16(4,5)17-14(2)10-12-18(6)15(3)9-8-13-19/h8-9,13,17H,2-3,7,10-12H2,1,4-6H3/b9-8-. The molecule has 0 radical (unpaired) electrons. The normalized spacial score (nSPS) is 11.4. The summed E-state index contributed by atoms with van der Waals surface area (Å²) in [6, 6.07) is 0. The predicted octanol–water partition coefficient (Wildman–Crippen LogP) is 3.26. The molecule has 19 heavy (non-hydrogen) atoms. The molecule has 0 aromatic rings. The highest BCUT2D eigenvalue weighted by atomic mass is 16.1. The molecule has 0 aromatic heterocycles. The van der Waals surface area contributed by atoms with Crippen LogP contribution < -0.4 is 5.32 Å². The van der Waals surface area contributed by atoms with E-state index in [-0.39, 0.29) is 5.54 Å². The maximum absolute atomic E-state index is 10.2. The zero-order chi connectivity index (χ0) is 14.9. The third kappa shape index (κ3) is 8.25. The Morgan fingerprint density at radius 1 is 1.37 bits per heavy atom. The van der Waals surface area contributed by atoms with Gasteiger partial charge in [0.05, 0.1) is 0 Å². The monoisotopic (exact) mass is 264 g/mol. The van der Waals surface area contributed by atoms with E-state index in [9.17, 15) is 4.79 Å². The lowest BCUT2D eigenvalue weighted by Crippen LogP contribution is -2.38. The molecule has 3 heteroatoms. The van der Waals surface area contributed by atoms with Gasteiger partial charge in [0.25, 0.3) is 0 Å². The van der Waals surface area contributed by atoms with Crippen molar-refractivity contribution in [2.45, 2.75) is 45.6 Å². The molecule has 0 aliphatic carbocycles. The molecule has 0 amide bonds. The molecule has 0 saturated carbocycles. The number of aldehydes is 1. The smallest absolute Gasteiger partial charge is 0.142 e. The third-order valence-corrected chi connectivity index (χ3v) is 3.00. The average molecular weight is 264 g/mol. The Balaban J connectivity index is 4.12. The minimum atomic E-state index is 0.0961. The molecule has 0 atom stereocenters. The number of nitrogens with one attached hydrogen (secondary N) is 1. The summed E-state index contributed by atoms with van der Waals surface area (Å²) in [6.45, 7) is 15.4. The summed E-state index contributed by atoms with van der Waals surface area (Å²) < 4.78 is 0. The van der Waals surface area contributed by atoms with Crippen LogP contribution in [0.2, 0.25) is 0 Å². The lowest BCUT2D eigenvalue weighted by molar-refractivity contribution is -0.104. The van der Waals surface area contributed by atoms with Crippen LogP contribution in [0.15, 0.2) is 36.7 Å². The van der Waals surface area contributed by atoms with Crippen LogP contribution in [0.25, 0.3) is 0 Å². The molecule has 0 aliphatic rings. The number of rotatable bonds is 10. The number of hydrogen-bond donors (Lipinski definition) is 1. The zero-order valence-corrected chi connectivity index (χ0v) is 12.8. The van der Waals surface area contributed by atoms with E-state index in [0.717, 1.165) is 43.5 Å². The van der Waals surface area contributed by atoms with E-state index in [1.165, 1.54) is 6.08 Å². The first kappa shape index (κ1) is 17.5. The minimum Gasteiger partial charge on any atom is -0.384 e. The van der Waals surface area contributed by atoms with E-state index in [0.29, 0.717) is 0 Å². The summed E-state index contributed by atoms with van der Waals surface area (Å²) in [5.74, 6) is 0. The van der Waals surface area contributed by atoms with E-state index in [1.54, 1.807) is 6.08 Å². The van der Waals surface area contributed by atoms with E-state index in [1.807, 2.05) is 11.9 Å². The van der Waals surface area contributed by atoms with Crippen molar-refractivity contribution >= 4 is 6.29 Å². The summed E-state index contributed by atoms with van der Waals surface area (Å²) in [5.41, 5.74) is 1.96. The quantitative estimate of drug-likeness (QED) is 0.373. The molecule has 0 rings (SSSR count). The summed E-state index contributed by atoms with van der Waals surface area (Å²) in [4.78, 5) is 12.3. The molecule has 1 N–H and O–H groups in total. The average Bonchev–Trinajstić information content (AvgIpc) is 2.32. The van der Waals surface area contributed by atoms with Crippen LogP contribution in [0.5, 0.6) is 0 Å². The number of hydrogen-bond acceptors (Lipinski definition) is 3. The lowest BCUT2D eigenvalue weighted by atomic mass is 9.98. The lowest BCUT2D eigenvalue weighted by Gasteiger charge is -2.29. The van der Waals surface area contributed by atoms with Crippen molar-refractivity contribution in [2.24, 2.45) is 0 Å². The zero-order valence-electron chi connectivity index (χ0n) is 12.8. The fourth-order valence-electron chi connectivity index (χ4n) is 1.95. The molecule has 0 fully saturated rings. The Kier molecular flexibility index (Phi) is 7.89. The van der Waals surface area contributed by atoms with Crippen LogP contribution in [-0.4, -0.2) is 30.3 Å². The molecule has 108 valence electrons. The van der Waals surface area contributed by atoms with Gasteiger partial charge in [-0.1, -0.05) is 26.5 Å². The highest BCUT2D eigenvalue weighted by molar-refractivity contribution is 5.65. The van der Waals surface area contributed by atoms with Gasteiger partial charge in [0, 0.05) is 36.9 Å². The van der Waals surface area contributed by atoms with Gasteiger partial charge in [-0.15, -0.1) is 0 Å². The number of allylic oxidation sites excluding steroid dienone is 2. The number of carbonyl (C=O) groups is 1. The molecule has 0 bridgehead atoms. The Labute approximate surface area is 118 Å². The maximum Gasteiger partial charge on any atom is 0.142 e. The second kappa shape index (κ2) is 8.57. The summed E-state index contributed by atoms with van der Waals surface area (Å²) >= 11 is 0. The first-order valence-corrected chi connectivity index (χ1v) is 6.80. The van der Waals surface area contributed by atoms with Gasteiger partial charge in [0.2, 0.25) is 0 Å². The van der Waals surface area contributed by atoms with Crippen LogP contribution in [0.1, 0.15) is 40.0 Å². The van der Waals surface area contributed by atoms with Gasteiger partial charge in [-0.05, 0) is 32.4 Å². The van der Waals surface area contributed by atoms with E-state index < -0.39 is 0 Å². The molecular formula is C16H28N2O. The topological polar surface area (TPSA) is 32.3 Å². The second-order valence-electron chi connectivity index (χ2n) is 5.52. The van der Waals surface area contributed by atoms with Crippen LogP contribution >= 0.6 is 0 Å². The molecule has 0 aliphatic heterocycles. The Hall–Kier alpha value is -1.51. The van der Waals surface area contributed by atoms with Crippen LogP contribution in [0.3, 0.4) is 0 Å². The van der Waals surface area contributed by atoms with Gasteiger partial charge in [-0.25, -0.2) is 0 Å². The van der Waals surface area contributed by atoms with Gasteiger partial charge in [0.1, 0.15) is 6.29 Å². The van der Waals surface area contributed by atoms with Gasteiger partial charge in [-0.3, -0.25) is 4.79 Å². The van der Waals surface area contributed by atoms with Gasteiger partial charge >= 0.3 is 0 Å². The van der Waals surface area contributed by atoms with Crippen molar-refractivity contribution in [1.82, 2.24) is 10.2 Å². The second-order valence-corrected chi connectivity index (χ2v) is 5.52. The number of nitrogens with zero attached hydrogens (tertiary/aromatic N) is 1. The van der Waals surface area contributed by atoms with E-state index in [2.05, 4.69) is 39.2 Å². The molecule has 0 spiro atoms. The number of carbonyl (C=O) groups excluding carboxylic acids is 1. The predicted molar refractivity (Wildman–Crippen MR) is 82.9 cm³/mol. The van der Waals surface area contributed by atoms with Gasteiger partial charge < -0.3 is 10.2 Å². The van der Waals surface area contributed by atoms with E-state index in [4.69, 9.17) is 0 Å². The highest BCUT2D eigenvalue weighted by Gasteiger charge is 2.16. The summed E-state index contributed by atoms with van der Waals surface area (Å²) in [6.07, 6.45) is 7.06. The Morgan fingerprint density at radius 3 is 2.53 bits per heavy atom. The first-order chi connectivity index (χ1) is 8.82. The molecule has 0 saturated heterocycles. The first-order valence-electron chi connectivity index (χ1n) is 6.80. The number of likely N-dealkylation sites (N-methyl/N-ethyl adjacent to an activating group) is 1. The molecule has 3 nitrogen and oxygen atoms in total. The van der Waals surface area contributed by atoms with Crippen molar-refractivity contribution in [3.63, 3.8) is 0 Å².